The molecule has 1 aromatic carbocycles. The zero-order valence-electron chi connectivity index (χ0n) is 10.8. The summed E-state index contributed by atoms with van der Waals surface area (Å²) < 4.78 is 4.98. The molecule has 0 aliphatic rings. The Morgan fingerprint density at radius 3 is 2.74 bits per heavy atom. The zero-order valence-corrected chi connectivity index (χ0v) is 10.8. The van der Waals surface area contributed by atoms with Gasteiger partial charge in [-0.1, -0.05) is 13.0 Å². The van der Waals surface area contributed by atoms with Crippen LogP contribution in [0.25, 0.3) is 0 Å². The minimum absolute atomic E-state index is 0.125. The van der Waals surface area contributed by atoms with Crippen LogP contribution < -0.4 is 10.1 Å². The number of carbonyl (C=O) groups excluding carboxylic acids is 1. The first-order valence-electron chi connectivity index (χ1n) is 5.78. The Morgan fingerprint density at radius 1 is 1.58 bits per heavy atom. The molecular weight excluding hydrogens is 252 g/mol. The molecule has 1 unspecified atom stereocenters. The molecule has 104 valence electrons. The van der Waals surface area contributed by atoms with E-state index in [4.69, 9.17) is 9.84 Å². The number of aliphatic hydroxyl groups excluding tert-OH is 1. The molecule has 0 radical (unpaired) electrons. The van der Waals surface area contributed by atoms with E-state index in [-0.39, 0.29) is 23.6 Å². The van der Waals surface area contributed by atoms with E-state index in [1.54, 1.807) is 6.92 Å². The average Bonchev–Trinajstić information content (AvgIpc) is 2.43. The molecule has 0 bridgehead atoms. The maximum absolute atomic E-state index is 12.1. The number of benzene rings is 1. The standard InChI is InChI=1S/C12H16N2O5/c1-3-8(7-15)13-12(16)11-9(14(17)18)5-4-6-10(11)19-2/h4-6,8,15H,3,7H2,1-2H3,(H,13,16). The number of nitrogens with one attached hydrogen (secondary N) is 1. The number of nitro benzene ring substituents is 1. The topological polar surface area (TPSA) is 102 Å². The van der Waals surface area contributed by atoms with Gasteiger partial charge in [-0.3, -0.25) is 14.9 Å². The van der Waals surface area contributed by atoms with Gasteiger partial charge in [0.05, 0.1) is 24.7 Å². The SMILES string of the molecule is CCC(CO)NC(=O)c1c(OC)cccc1[N+](=O)[O-]. The number of aliphatic hydroxyl groups is 1. The Kier molecular flexibility index (Phi) is 5.25. The quantitative estimate of drug-likeness (QED) is 0.594. The third kappa shape index (κ3) is 3.41. The summed E-state index contributed by atoms with van der Waals surface area (Å²) in [5, 5.41) is 22.5. The summed E-state index contributed by atoms with van der Waals surface area (Å²) in [4.78, 5) is 22.4. The zero-order chi connectivity index (χ0) is 14.4. The second kappa shape index (κ2) is 6.69. The van der Waals surface area contributed by atoms with E-state index in [0.29, 0.717) is 6.42 Å². The minimum Gasteiger partial charge on any atom is -0.496 e. The molecule has 1 atom stereocenters. The Bertz CT molecular complexity index is 471. The van der Waals surface area contributed by atoms with E-state index in [0.717, 1.165) is 0 Å². The van der Waals surface area contributed by atoms with Gasteiger partial charge in [-0.2, -0.15) is 0 Å². The predicted octanol–water partition coefficient (Wildman–Crippen LogP) is 1.10. The lowest BCUT2D eigenvalue weighted by molar-refractivity contribution is -0.385. The van der Waals surface area contributed by atoms with Crippen LogP contribution in [0.4, 0.5) is 5.69 Å². The van der Waals surface area contributed by atoms with E-state index in [9.17, 15) is 14.9 Å². The molecule has 1 amide bonds. The Balaban J connectivity index is 3.16. The van der Waals surface area contributed by atoms with E-state index >= 15 is 0 Å². The van der Waals surface area contributed by atoms with Crippen molar-refractivity contribution in [1.29, 1.82) is 0 Å². The second-order valence-corrected chi connectivity index (χ2v) is 3.87. The lowest BCUT2D eigenvalue weighted by atomic mass is 10.1. The van der Waals surface area contributed by atoms with Gasteiger partial charge in [-0.05, 0) is 12.5 Å². The highest BCUT2D eigenvalue weighted by Gasteiger charge is 2.25. The first-order chi connectivity index (χ1) is 9.04. The number of amides is 1. The van der Waals surface area contributed by atoms with Crippen molar-refractivity contribution in [3.05, 3.63) is 33.9 Å². The van der Waals surface area contributed by atoms with Gasteiger partial charge in [0.15, 0.2) is 5.56 Å². The van der Waals surface area contributed by atoms with Crippen molar-refractivity contribution in [1.82, 2.24) is 5.32 Å². The fraction of sp³-hybridized carbons (Fsp3) is 0.417. The molecule has 2 N–H and O–H groups in total. The molecule has 7 heteroatoms. The molecule has 1 rings (SSSR count). The number of hydrogen-bond donors (Lipinski definition) is 2. The highest BCUT2D eigenvalue weighted by molar-refractivity contribution is 6.01. The van der Waals surface area contributed by atoms with E-state index in [1.807, 2.05) is 0 Å². The summed E-state index contributed by atoms with van der Waals surface area (Å²) in [5.74, 6) is -0.510. The molecule has 1 aromatic rings. The van der Waals surface area contributed by atoms with Crippen LogP contribution in [0.2, 0.25) is 0 Å². The minimum atomic E-state index is -0.642. The summed E-state index contributed by atoms with van der Waals surface area (Å²) in [5.41, 5.74) is -0.466. The number of rotatable bonds is 6. The van der Waals surface area contributed by atoms with E-state index in [2.05, 4.69) is 5.32 Å². The maximum atomic E-state index is 12.1. The molecule has 0 spiro atoms. The second-order valence-electron chi connectivity index (χ2n) is 3.87. The van der Waals surface area contributed by atoms with Crippen LogP contribution in [0, 0.1) is 10.1 Å². The van der Waals surface area contributed by atoms with E-state index < -0.39 is 16.9 Å². The van der Waals surface area contributed by atoms with Crippen LogP contribution in [0.3, 0.4) is 0 Å². The Labute approximate surface area is 110 Å². The molecule has 0 fully saturated rings. The summed E-state index contributed by atoms with van der Waals surface area (Å²) in [6.45, 7) is 1.56. The summed E-state index contributed by atoms with van der Waals surface area (Å²) in [7, 11) is 1.33. The first-order valence-corrected chi connectivity index (χ1v) is 5.78. The van der Waals surface area contributed by atoms with Crippen molar-refractivity contribution in [3.8, 4) is 5.75 Å². The van der Waals surface area contributed by atoms with Crippen molar-refractivity contribution >= 4 is 11.6 Å². The van der Waals surface area contributed by atoms with Crippen molar-refractivity contribution in [2.24, 2.45) is 0 Å². The normalized spacial score (nSPS) is 11.7. The lowest BCUT2D eigenvalue weighted by Gasteiger charge is -2.15. The van der Waals surface area contributed by atoms with Crippen molar-refractivity contribution in [2.45, 2.75) is 19.4 Å². The maximum Gasteiger partial charge on any atom is 0.285 e. The Hall–Kier alpha value is -2.15. The van der Waals surface area contributed by atoms with Crippen LogP contribution in [0.5, 0.6) is 5.75 Å². The highest BCUT2D eigenvalue weighted by atomic mass is 16.6. The van der Waals surface area contributed by atoms with Gasteiger partial charge >= 0.3 is 0 Å². The number of carbonyl (C=O) groups is 1. The largest absolute Gasteiger partial charge is 0.496 e. The van der Waals surface area contributed by atoms with Crippen molar-refractivity contribution in [3.63, 3.8) is 0 Å². The molecule has 19 heavy (non-hydrogen) atoms. The van der Waals surface area contributed by atoms with Gasteiger partial charge in [0.1, 0.15) is 5.75 Å². The summed E-state index contributed by atoms with van der Waals surface area (Å²) in [6, 6.07) is 3.70. The number of methoxy groups -OCH3 is 1. The van der Waals surface area contributed by atoms with Crippen LogP contribution in [0.15, 0.2) is 18.2 Å². The molecule has 0 aliphatic carbocycles. The molecule has 0 aliphatic heterocycles. The molecule has 7 nitrogen and oxygen atoms in total. The molecule has 0 aromatic heterocycles. The lowest BCUT2D eigenvalue weighted by Crippen LogP contribution is -2.37. The number of nitro groups is 1. The summed E-state index contributed by atoms with van der Waals surface area (Å²) >= 11 is 0. The third-order valence-corrected chi connectivity index (χ3v) is 2.70. The first kappa shape index (κ1) is 14.9. The van der Waals surface area contributed by atoms with Crippen LogP contribution in [0.1, 0.15) is 23.7 Å². The number of nitrogens with zero attached hydrogens (tertiary/aromatic N) is 1. The number of hydrogen-bond acceptors (Lipinski definition) is 5. The van der Waals surface area contributed by atoms with Crippen LogP contribution in [-0.2, 0) is 0 Å². The molecule has 0 saturated heterocycles. The Morgan fingerprint density at radius 2 is 2.26 bits per heavy atom. The highest BCUT2D eigenvalue weighted by Crippen LogP contribution is 2.28. The fourth-order valence-electron chi connectivity index (χ4n) is 1.60. The van der Waals surface area contributed by atoms with E-state index in [1.165, 1.54) is 25.3 Å². The molecule has 0 saturated carbocycles. The van der Waals surface area contributed by atoms with Crippen molar-refractivity contribution in [2.75, 3.05) is 13.7 Å². The smallest absolute Gasteiger partial charge is 0.285 e. The van der Waals surface area contributed by atoms with Crippen LogP contribution >= 0.6 is 0 Å². The van der Waals surface area contributed by atoms with Gasteiger partial charge in [0.25, 0.3) is 11.6 Å². The summed E-state index contributed by atoms with van der Waals surface area (Å²) in [6.07, 6.45) is 0.519. The average molecular weight is 268 g/mol. The van der Waals surface area contributed by atoms with Crippen molar-refractivity contribution < 1.29 is 19.6 Å². The van der Waals surface area contributed by atoms with Gasteiger partial charge in [0, 0.05) is 6.07 Å². The van der Waals surface area contributed by atoms with Gasteiger partial charge in [0.2, 0.25) is 0 Å². The molecular formula is C12H16N2O5. The predicted molar refractivity (Wildman–Crippen MR) is 68.3 cm³/mol. The van der Waals surface area contributed by atoms with Gasteiger partial charge in [-0.25, -0.2) is 0 Å². The number of ether oxygens (including phenoxy) is 1. The fourth-order valence-corrected chi connectivity index (χ4v) is 1.60. The molecule has 0 heterocycles. The van der Waals surface area contributed by atoms with Crippen LogP contribution in [-0.4, -0.2) is 35.7 Å². The van der Waals surface area contributed by atoms with Gasteiger partial charge in [-0.15, -0.1) is 0 Å². The van der Waals surface area contributed by atoms with Gasteiger partial charge < -0.3 is 15.2 Å². The third-order valence-electron chi connectivity index (χ3n) is 2.70. The monoisotopic (exact) mass is 268 g/mol.